The summed E-state index contributed by atoms with van der Waals surface area (Å²) < 4.78 is 4.96. The molecule has 0 saturated heterocycles. The van der Waals surface area contributed by atoms with Crippen LogP contribution in [0.15, 0.2) is 40.9 Å². The van der Waals surface area contributed by atoms with Gasteiger partial charge in [0.05, 0.1) is 0 Å². The Hall–Kier alpha value is -3.22. The fourth-order valence-electron chi connectivity index (χ4n) is 2.09. The molecule has 3 rings (SSSR count). The largest absolute Gasteiger partial charge is 0.360 e. The van der Waals surface area contributed by atoms with Gasteiger partial charge in [0.1, 0.15) is 5.76 Å². The Morgan fingerprint density at radius 3 is 2.42 bits per heavy atom. The van der Waals surface area contributed by atoms with Gasteiger partial charge in [0.15, 0.2) is 17.3 Å². The molecule has 0 aliphatic heterocycles. The van der Waals surface area contributed by atoms with Gasteiger partial charge in [-0.1, -0.05) is 11.2 Å². The lowest BCUT2D eigenvalue weighted by Gasteiger charge is -2.07. The average molecular weight is 323 g/mol. The average Bonchev–Trinajstić information content (AvgIpc) is 2.96. The molecule has 0 bridgehead atoms. The van der Waals surface area contributed by atoms with E-state index in [4.69, 9.17) is 4.52 Å². The second-order valence-electron chi connectivity index (χ2n) is 5.50. The van der Waals surface area contributed by atoms with Crippen LogP contribution in [0.1, 0.15) is 27.4 Å². The fourth-order valence-corrected chi connectivity index (χ4v) is 2.09. The number of nitrogens with one attached hydrogen (secondary N) is 2. The van der Waals surface area contributed by atoms with Crippen molar-refractivity contribution in [1.29, 1.82) is 0 Å². The molecule has 1 amide bonds. The third kappa shape index (κ3) is 3.57. The molecule has 0 atom stereocenters. The molecule has 2 aromatic heterocycles. The van der Waals surface area contributed by atoms with Crippen molar-refractivity contribution in [3.05, 3.63) is 59.0 Å². The second-order valence-corrected chi connectivity index (χ2v) is 5.50. The highest BCUT2D eigenvalue weighted by molar-refractivity contribution is 6.02. The van der Waals surface area contributed by atoms with Crippen LogP contribution in [-0.4, -0.2) is 21.3 Å². The molecule has 2 N–H and O–H groups in total. The molecule has 1 aromatic carbocycles. The predicted molar refractivity (Wildman–Crippen MR) is 90.4 cm³/mol. The third-order valence-electron chi connectivity index (χ3n) is 3.55. The van der Waals surface area contributed by atoms with Gasteiger partial charge < -0.3 is 15.2 Å². The van der Waals surface area contributed by atoms with Crippen LogP contribution >= 0.6 is 0 Å². The van der Waals surface area contributed by atoms with E-state index in [1.807, 2.05) is 32.0 Å². The highest BCUT2D eigenvalue weighted by atomic mass is 16.5. The molecule has 0 radical (unpaired) electrons. The Kier molecular flexibility index (Phi) is 4.24. The number of carbonyl (C=O) groups is 1. The molecule has 7 nitrogen and oxygen atoms in total. The maximum Gasteiger partial charge on any atom is 0.276 e. The van der Waals surface area contributed by atoms with Crippen molar-refractivity contribution in [2.75, 3.05) is 10.6 Å². The second kappa shape index (κ2) is 6.49. The summed E-state index contributed by atoms with van der Waals surface area (Å²) in [5, 5.41) is 17.5. The van der Waals surface area contributed by atoms with Crippen molar-refractivity contribution >= 4 is 23.2 Å². The van der Waals surface area contributed by atoms with Crippen LogP contribution in [0.5, 0.6) is 0 Å². The summed E-state index contributed by atoms with van der Waals surface area (Å²) in [4.78, 5) is 12.2. The van der Waals surface area contributed by atoms with Crippen molar-refractivity contribution in [1.82, 2.24) is 15.4 Å². The van der Waals surface area contributed by atoms with E-state index in [2.05, 4.69) is 26.0 Å². The Balaban J connectivity index is 1.68. The summed E-state index contributed by atoms with van der Waals surface area (Å²) >= 11 is 0. The fraction of sp³-hybridized carbons (Fsp3) is 0.176. The van der Waals surface area contributed by atoms with Gasteiger partial charge in [-0.2, -0.15) is 0 Å². The summed E-state index contributed by atoms with van der Waals surface area (Å²) in [6.45, 7) is 5.81. The quantitative estimate of drug-likeness (QED) is 0.764. The van der Waals surface area contributed by atoms with Crippen LogP contribution < -0.4 is 10.6 Å². The Bertz CT molecular complexity index is 871. The lowest BCUT2D eigenvalue weighted by Crippen LogP contribution is -2.14. The van der Waals surface area contributed by atoms with E-state index in [0.717, 1.165) is 11.3 Å². The molecular formula is C17H17N5O2. The molecule has 3 aromatic rings. The minimum absolute atomic E-state index is 0.232. The van der Waals surface area contributed by atoms with E-state index >= 15 is 0 Å². The zero-order valence-electron chi connectivity index (χ0n) is 13.6. The summed E-state index contributed by atoms with van der Waals surface area (Å²) in [5.74, 6) is 1.39. The number of aryl methyl sites for hydroxylation is 3. The number of nitrogens with zero attached hydrogens (tertiary/aromatic N) is 3. The smallest absolute Gasteiger partial charge is 0.276 e. The Morgan fingerprint density at radius 1 is 0.958 bits per heavy atom. The van der Waals surface area contributed by atoms with Crippen LogP contribution in [0.4, 0.5) is 17.3 Å². The van der Waals surface area contributed by atoms with Gasteiger partial charge in [-0.25, -0.2) is 0 Å². The van der Waals surface area contributed by atoms with Crippen molar-refractivity contribution < 1.29 is 9.32 Å². The highest BCUT2D eigenvalue weighted by Gasteiger charge is 2.10. The first-order chi connectivity index (χ1) is 11.5. The Morgan fingerprint density at radius 2 is 1.79 bits per heavy atom. The third-order valence-corrected chi connectivity index (χ3v) is 3.55. The first-order valence-electron chi connectivity index (χ1n) is 7.44. The van der Waals surface area contributed by atoms with Crippen molar-refractivity contribution in [3.63, 3.8) is 0 Å². The van der Waals surface area contributed by atoms with Gasteiger partial charge in [0, 0.05) is 11.8 Å². The van der Waals surface area contributed by atoms with Gasteiger partial charge >= 0.3 is 0 Å². The summed E-state index contributed by atoms with van der Waals surface area (Å²) in [6.07, 6.45) is 0. The van der Waals surface area contributed by atoms with Crippen LogP contribution in [0.3, 0.4) is 0 Å². The molecule has 122 valence electrons. The number of anilines is 3. The predicted octanol–water partition coefficient (Wildman–Crippen LogP) is 3.39. The number of hydrogen-bond acceptors (Lipinski definition) is 6. The summed E-state index contributed by atoms with van der Waals surface area (Å²) in [5.41, 5.74) is 3.24. The molecule has 0 aliphatic rings. The van der Waals surface area contributed by atoms with Crippen molar-refractivity contribution in [2.24, 2.45) is 0 Å². The first-order valence-corrected chi connectivity index (χ1v) is 7.44. The SMILES string of the molecule is Cc1cc(Nc2ccc(C(=O)Nc3ccc(C)c(C)c3)nn2)no1. The standard InChI is InChI=1S/C17H17N5O2/c1-10-4-5-13(8-11(10)2)18-17(23)14-6-7-15(21-20-14)19-16-9-12(3)24-22-16/h4-9H,1-3H3,(H,18,23)(H,19,21,22). The number of carbonyl (C=O) groups excluding carboxylic acids is 1. The van der Waals surface area contributed by atoms with Crippen LogP contribution in [-0.2, 0) is 0 Å². The van der Waals surface area contributed by atoms with Gasteiger partial charge in [0.2, 0.25) is 0 Å². The van der Waals surface area contributed by atoms with E-state index in [1.54, 1.807) is 25.1 Å². The van der Waals surface area contributed by atoms with E-state index in [9.17, 15) is 4.79 Å². The molecule has 0 fully saturated rings. The van der Waals surface area contributed by atoms with Crippen molar-refractivity contribution in [2.45, 2.75) is 20.8 Å². The normalized spacial score (nSPS) is 10.5. The first kappa shape index (κ1) is 15.7. The highest BCUT2D eigenvalue weighted by Crippen LogP contribution is 2.16. The van der Waals surface area contributed by atoms with Gasteiger partial charge in [-0.05, 0) is 56.2 Å². The number of benzene rings is 1. The minimum atomic E-state index is -0.311. The Labute approximate surface area is 139 Å². The lowest BCUT2D eigenvalue weighted by molar-refractivity contribution is 0.102. The molecule has 24 heavy (non-hydrogen) atoms. The number of amides is 1. The topological polar surface area (TPSA) is 92.9 Å². The zero-order chi connectivity index (χ0) is 17.1. The van der Waals surface area contributed by atoms with E-state index in [1.165, 1.54) is 5.56 Å². The zero-order valence-corrected chi connectivity index (χ0v) is 13.6. The van der Waals surface area contributed by atoms with Crippen molar-refractivity contribution in [3.8, 4) is 0 Å². The van der Waals surface area contributed by atoms with Gasteiger partial charge in [-0.15, -0.1) is 10.2 Å². The monoisotopic (exact) mass is 323 g/mol. The van der Waals surface area contributed by atoms with Crippen LogP contribution in [0, 0.1) is 20.8 Å². The molecular weight excluding hydrogens is 306 g/mol. The molecule has 0 aliphatic carbocycles. The summed E-state index contributed by atoms with van der Waals surface area (Å²) in [7, 11) is 0. The number of aromatic nitrogens is 3. The molecule has 0 saturated carbocycles. The number of rotatable bonds is 4. The van der Waals surface area contributed by atoms with E-state index in [-0.39, 0.29) is 11.6 Å². The maximum absolute atomic E-state index is 12.2. The lowest BCUT2D eigenvalue weighted by atomic mass is 10.1. The van der Waals surface area contributed by atoms with Crippen LogP contribution in [0.25, 0.3) is 0 Å². The molecule has 0 spiro atoms. The molecule has 2 heterocycles. The van der Waals surface area contributed by atoms with E-state index in [0.29, 0.717) is 17.4 Å². The van der Waals surface area contributed by atoms with E-state index < -0.39 is 0 Å². The maximum atomic E-state index is 12.2. The molecule has 0 unspecified atom stereocenters. The van der Waals surface area contributed by atoms with Gasteiger partial charge in [-0.3, -0.25) is 4.79 Å². The number of hydrogen-bond donors (Lipinski definition) is 2. The van der Waals surface area contributed by atoms with Gasteiger partial charge in [0.25, 0.3) is 5.91 Å². The van der Waals surface area contributed by atoms with Crippen LogP contribution in [0.2, 0.25) is 0 Å². The summed E-state index contributed by atoms with van der Waals surface area (Å²) in [6, 6.07) is 10.7. The molecule has 7 heteroatoms. The minimum Gasteiger partial charge on any atom is -0.360 e.